The van der Waals surface area contributed by atoms with Gasteiger partial charge in [0.25, 0.3) is 0 Å². The van der Waals surface area contributed by atoms with Crippen LogP contribution in [0.2, 0.25) is 0 Å². The first-order valence-corrected chi connectivity index (χ1v) is 4.41. The second kappa shape index (κ2) is 4.52. The van der Waals surface area contributed by atoms with E-state index in [1.54, 1.807) is 26.4 Å². The first kappa shape index (κ1) is 10.4. The van der Waals surface area contributed by atoms with Crippen molar-refractivity contribution in [2.45, 2.75) is 13.3 Å². The quantitative estimate of drug-likeness (QED) is 0.735. The molecule has 0 fully saturated rings. The predicted octanol–water partition coefficient (Wildman–Crippen LogP) is 2.14. The number of benzene rings is 1. The largest absolute Gasteiger partial charge is 0.496 e. The molecule has 0 aliphatic carbocycles. The Kier molecular flexibility index (Phi) is 3.35. The minimum Gasteiger partial charge on any atom is -0.496 e. The van der Waals surface area contributed by atoms with E-state index in [0.29, 0.717) is 17.1 Å². The van der Waals surface area contributed by atoms with Gasteiger partial charge in [-0.2, -0.15) is 5.26 Å². The molecular weight excluding hydrogens is 178 g/mol. The van der Waals surface area contributed by atoms with Crippen LogP contribution in [0.25, 0.3) is 0 Å². The predicted molar refractivity (Wildman–Crippen MR) is 53.6 cm³/mol. The highest BCUT2D eigenvalue weighted by Gasteiger charge is 2.10. The molecule has 1 aromatic rings. The van der Waals surface area contributed by atoms with E-state index in [2.05, 4.69) is 6.07 Å². The number of rotatable bonds is 3. The first-order valence-electron chi connectivity index (χ1n) is 4.41. The van der Waals surface area contributed by atoms with Crippen LogP contribution in [-0.2, 0) is 6.42 Å². The van der Waals surface area contributed by atoms with Gasteiger partial charge in [0.1, 0.15) is 11.5 Å². The maximum absolute atomic E-state index is 8.78. The molecule has 3 heteroatoms. The third-order valence-corrected chi connectivity index (χ3v) is 2.09. The van der Waals surface area contributed by atoms with Crippen molar-refractivity contribution in [3.05, 3.63) is 23.3 Å². The zero-order valence-corrected chi connectivity index (χ0v) is 8.63. The number of hydrogen-bond donors (Lipinski definition) is 0. The molecule has 0 radical (unpaired) electrons. The van der Waals surface area contributed by atoms with Crippen molar-refractivity contribution >= 4 is 0 Å². The molecule has 14 heavy (non-hydrogen) atoms. The summed E-state index contributed by atoms with van der Waals surface area (Å²) < 4.78 is 10.4. The maximum Gasteiger partial charge on any atom is 0.127 e. The standard InChI is InChI=1S/C11H13NO2/c1-4-9-10(13-2)5-8(7-12)6-11(9)14-3/h5-6H,4H2,1-3H3. The fraction of sp³-hybridized carbons (Fsp3) is 0.364. The van der Waals surface area contributed by atoms with Crippen LogP contribution in [0.3, 0.4) is 0 Å². The summed E-state index contributed by atoms with van der Waals surface area (Å²) in [6.45, 7) is 2.02. The highest BCUT2D eigenvalue weighted by molar-refractivity contribution is 5.51. The average Bonchev–Trinajstić information content (AvgIpc) is 2.26. The van der Waals surface area contributed by atoms with Gasteiger partial charge < -0.3 is 9.47 Å². The van der Waals surface area contributed by atoms with Gasteiger partial charge in [0.05, 0.1) is 25.9 Å². The van der Waals surface area contributed by atoms with Crippen LogP contribution >= 0.6 is 0 Å². The number of hydrogen-bond acceptors (Lipinski definition) is 3. The second-order valence-corrected chi connectivity index (χ2v) is 2.82. The highest BCUT2D eigenvalue weighted by atomic mass is 16.5. The Morgan fingerprint density at radius 1 is 1.21 bits per heavy atom. The van der Waals surface area contributed by atoms with Crippen molar-refractivity contribution in [3.63, 3.8) is 0 Å². The lowest BCUT2D eigenvalue weighted by Gasteiger charge is -2.11. The molecule has 0 aliphatic heterocycles. The number of nitrogens with zero attached hydrogens (tertiary/aromatic N) is 1. The third kappa shape index (κ3) is 1.80. The van der Waals surface area contributed by atoms with Gasteiger partial charge in [-0.05, 0) is 18.6 Å². The summed E-state index contributed by atoms with van der Waals surface area (Å²) in [5.74, 6) is 1.42. The fourth-order valence-corrected chi connectivity index (χ4v) is 1.40. The van der Waals surface area contributed by atoms with E-state index in [4.69, 9.17) is 14.7 Å². The lowest BCUT2D eigenvalue weighted by molar-refractivity contribution is 0.386. The molecule has 3 nitrogen and oxygen atoms in total. The van der Waals surface area contributed by atoms with Crippen LogP contribution in [0.15, 0.2) is 12.1 Å². The van der Waals surface area contributed by atoms with E-state index in [1.807, 2.05) is 6.92 Å². The SMILES string of the molecule is CCc1c(OC)cc(C#N)cc1OC. The normalized spacial score (nSPS) is 9.29. The summed E-state index contributed by atoms with van der Waals surface area (Å²) >= 11 is 0. The van der Waals surface area contributed by atoms with Crippen LogP contribution < -0.4 is 9.47 Å². The molecule has 1 rings (SSSR count). The summed E-state index contributed by atoms with van der Waals surface area (Å²) in [5.41, 5.74) is 1.55. The lowest BCUT2D eigenvalue weighted by atomic mass is 10.1. The first-order chi connectivity index (χ1) is 6.76. The van der Waals surface area contributed by atoms with Gasteiger partial charge >= 0.3 is 0 Å². The van der Waals surface area contributed by atoms with E-state index < -0.39 is 0 Å². The zero-order valence-electron chi connectivity index (χ0n) is 8.63. The van der Waals surface area contributed by atoms with Crippen molar-refractivity contribution in [2.75, 3.05) is 14.2 Å². The Labute approximate surface area is 83.9 Å². The van der Waals surface area contributed by atoms with E-state index in [-0.39, 0.29) is 0 Å². The van der Waals surface area contributed by atoms with Gasteiger partial charge in [-0.3, -0.25) is 0 Å². The van der Waals surface area contributed by atoms with E-state index in [1.165, 1.54) is 0 Å². The molecule has 1 aromatic carbocycles. The molecule has 0 bridgehead atoms. The number of nitriles is 1. The summed E-state index contributed by atoms with van der Waals surface area (Å²) in [6, 6.07) is 5.51. The Hall–Kier alpha value is -1.69. The Morgan fingerprint density at radius 2 is 1.71 bits per heavy atom. The van der Waals surface area contributed by atoms with Crippen molar-refractivity contribution < 1.29 is 9.47 Å². The third-order valence-electron chi connectivity index (χ3n) is 2.09. The van der Waals surface area contributed by atoms with E-state index in [0.717, 1.165) is 12.0 Å². The summed E-state index contributed by atoms with van der Waals surface area (Å²) in [5, 5.41) is 8.78. The van der Waals surface area contributed by atoms with E-state index >= 15 is 0 Å². The summed E-state index contributed by atoms with van der Waals surface area (Å²) in [6.07, 6.45) is 0.818. The van der Waals surface area contributed by atoms with Gasteiger partial charge in [0, 0.05) is 5.56 Å². The summed E-state index contributed by atoms with van der Waals surface area (Å²) in [4.78, 5) is 0. The Balaban J connectivity index is 3.33. The monoisotopic (exact) mass is 191 g/mol. The van der Waals surface area contributed by atoms with Gasteiger partial charge in [-0.15, -0.1) is 0 Å². The van der Waals surface area contributed by atoms with Gasteiger partial charge in [-0.1, -0.05) is 6.92 Å². The molecule has 0 amide bonds. The molecule has 0 aromatic heterocycles. The Bertz CT molecular complexity index is 341. The zero-order chi connectivity index (χ0) is 10.6. The lowest BCUT2D eigenvalue weighted by Crippen LogP contribution is -1.96. The van der Waals surface area contributed by atoms with Crippen molar-refractivity contribution in [1.29, 1.82) is 5.26 Å². The van der Waals surface area contributed by atoms with Crippen LogP contribution in [-0.4, -0.2) is 14.2 Å². The Morgan fingerprint density at radius 3 is 2.00 bits per heavy atom. The molecule has 0 atom stereocenters. The maximum atomic E-state index is 8.78. The molecule has 0 saturated heterocycles. The molecule has 0 aliphatic rings. The van der Waals surface area contributed by atoms with E-state index in [9.17, 15) is 0 Å². The van der Waals surface area contributed by atoms with Gasteiger partial charge in [0.15, 0.2) is 0 Å². The fourth-order valence-electron chi connectivity index (χ4n) is 1.40. The van der Waals surface area contributed by atoms with Gasteiger partial charge in [-0.25, -0.2) is 0 Å². The van der Waals surface area contributed by atoms with Crippen LogP contribution in [0.1, 0.15) is 18.1 Å². The minimum atomic E-state index is 0.552. The number of ether oxygens (including phenoxy) is 2. The average molecular weight is 191 g/mol. The molecule has 0 spiro atoms. The molecular formula is C11H13NO2. The summed E-state index contributed by atoms with van der Waals surface area (Å²) in [7, 11) is 3.18. The second-order valence-electron chi connectivity index (χ2n) is 2.82. The van der Waals surface area contributed by atoms with Crippen molar-refractivity contribution in [1.82, 2.24) is 0 Å². The minimum absolute atomic E-state index is 0.552. The molecule has 0 heterocycles. The highest BCUT2D eigenvalue weighted by Crippen LogP contribution is 2.30. The molecule has 0 saturated carbocycles. The van der Waals surface area contributed by atoms with Crippen molar-refractivity contribution in [2.24, 2.45) is 0 Å². The molecule has 0 unspecified atom stereocenters. The molecule has 74 valence electrons. The molecule has 0 N–H and O–H groups in total. The van der Waals surface area contributed by atoms with Crippen LogP contribution in [0.4, 0.5) is 0 Å². The van der Waals surface area contributed by atoms with Crippen molar-refractivity contribution in [3.8, 4) is 17.6 Å². The topological polar surface area (TPSA) is 42.2 Å². The number of methoxy groups -OCH3 is 2. The van der Waals surface area contributed by atoms with Crippen LogP contribution in [0.5, 0.6) is 11.5 Å². The smallest absolute Gasteiger partial charge is 0.127 e. The van der Waals surface area contributed by atoms with Crippen LogP contribution in [0, 0.1) is 11.3 Å². The van der Waals surface area contributed by atoms with Gasteiger partial charge in [0.2, 0.25) is 0 Å².